The van der Waals surface area contributed by atoms with Crippen molar-refractivity contribution in [3.8, 4) is 0 Å². The van der Waals surface area contributed by atoms with Crippen LogP contribution >= 0.6 is 11.3 Å². The summed E-state index contributed by atoms with van der Waals surface area (Å²) in [6, 6.07) is 7.33. The van der Waals surface area contributed by atoms with Gasteiger partial charge in [-0.3, -0.25) is 4.79 Å². The topological polar surface area (TPSA) is 38.3 Å². The molecule has 1 atom stereocenters. The monoisotopic (exact) mass is 311 g/mol. The molecule has 0 aliphatic carbocycles. The molecule has 112 valence electrons. The Kier molecular flexibility index (Phi) is 5.41. The van der Waals surface area contributed by atoms with Crippen molar-refractivity contribution in [2.75, 3.05) is 7.11 Å². The molecule has 1 unspecified atom stereocenters. The molecule has 0 aliphatic rings. The van der Waals surface area contributed by atoms with Gasteiger partial charge in [-0.1, -0.05) is 12.1 Å². The number of hydrogen-bond acceptors (Lipinski definition) is 4. The van der Waals surface area contributed by atoms with Crippen LogP contribution in [0.3, 0.4) is 0 Å². The molecule has 2 aromatic rings. The van der Waals surface area contributed by atoms with Crippen molar-refractivity contribution in [3.63, 3.8) is 0 Å². The molecule has 2 rings (SSSR count). The summed E-state index contributed by atoms with van der Waals surface area (Å²) >= 11 is 1.52. The van der Waals surface area contributed by atoms with Gasteiger partial charge in [-0.05, 0) is 29.1 Å². The summed E-state index contributed by atoms with van der Waals surface area (Å²) in [7, 11) is 1.34. The van der Waals surface area contributed by atoms with Gasteiger partial charge in [-0.15, -0.1) is 11.3 Å². The second-order valence-corrected chi connectivity index (χ2v) is 5.46. The van der Waals surface area contributed by atoms with E-state index in [0.717, 1.165) is 17.0 Å². The molecule has 0 saturated carbocycles. The Balaban J connectivity index is 2.04. The van der Waals surface area contributed by atoms with E-state index in [4.69, 9.17) is 0 Å². The number of carbonyl (C=O) groups excluding carboxylic acids is 1. The first-order valence-electron chi connectivity index (χ1n) is 6.37. The van der Waals surface area contributed by atoms with Crippen LogP contribution in [0.25, 0.3) is 0 Å². The van der Waals surface area contributed by atoms with Crippen LogP contribution < -0.4 is 5.32 Å². The molecular formula is C15H15F2NO2S. The maximum Gasteiger partial charge on any atom is 0.307 e. The number of hydrogen-bond donors (Lipinski definition) is 1. The molecule has 1 aromatic carbocycles. The van der Waals surface area contributed by atoms with Crippen LogP contribution in [0.4, 0.5) is 8.78 Å². The number of benzene rings is 1. The molecule has 0 aliphatic heterocycles. The van der Waals surface area contributed by atoms with Crippen LogP contribution in [0.2, 0.25) is 0 Å². The lowest BCUT2D eigenvalue weighted by molar-refractivity contribution is -0.141. The van der Waals surface area contributed by atoms with Gasteiger partial charge in [0.25, 0.3) is 0 Å². The van der Waals surface area contributed by atoms with E-state index in [1.807, 2.05) is 17.5 Å². The number of carbonyl (C=O) groups is 1. The fraction of sp³-hybridized carbons (Fsp3) is 0.267. The maximum atomic E-state index is 13.2. The molecule has 1 aromatic heterocycles. The summed E-state index contributed by atoms with van der Waals surface area (Å²) < 4.78 is 30.7. The first kappa shape index (κ1) is 15.6. The van der Waals surface area contributed by atoms with E-state index < -0.39 is 11.6 Å². The minimum Gasteiger partial charge on any atom is -0.469 e. The number of rotatable bonds is 6. The van der Waals surface area contributed by atoms with E-state index in [-0.39, 0.29) is 18.4 Å². The summed E-state index contributed by atoms with van der Waals surface area (Å²) in [5, 5.41) is 5.09. The number of halogens is 2. The van der Waals surface area contributed by atoms with Gasteiger partial charge in [-0.2, -0.15) is 0 Å². The van der Waals surface area contributed by atoms with Gasteiger partial charge in [-0.25, -0.2) is 8.78 Å². The van der Waals surface area contributed by atoms with Gasteiger partial charge in [0.2, 0.25) is 0 Å². The van der Waals surface area contributed by atoms with Gasteiger partial charge in [0, 0.05) is 11.4 Å². The lowest BCUT2D eigenvalue weighted by Gasteiger charge is -2.16. The smallest absolute Gasteiger partial charge is 0.307 e. The summed E-state index contributed by atoms with van der Waals surface area (Å²) in [6.45, 7) is 0.330. The Morgan fingerprint density at radius 1 is 1.33 bits per heavy atom. The highest BCUT2D eigenvalue weighted by molar-refractivity contribution is 7.10. The van der Waals surface area contributed by atoms with E-state index in [1.54, 1.807) is 0 Å². The third-order valence-corrected chi connectivity index (χ3v) is 4.01. The molecular weight excluding hydrogens is 296 g/mol. The number of thiophene rings is 1. The zero-order chi connectivity index (χ0) is 15.2. The van der Waals surface area contributed by atoms with Crippen molar-refractivity contribution < 1.29 is 18.3 Å². The molecule has 0 saturated heterocycles. The molecule has 0 fully saturated rings. The van der Waals surface area contributed by atoms with Crippen molar-refractivity contribution in [2.45, 2.75) is 19.0 Å². The minimum absolute atomic E-state index is 0.181. The number of nitrogens with one attached hydrogen (secondary N) is 1. The van der Waals surface area contributed by atoms with Crippen LogP contribution in [0.15, 0.2) is 35.7 Å². The standard InChI is InChI=1S/C15H15F2NO2S/c1-20-15(19)8-13(14-3-2-6-21-14)18-9-10-4-5-11(16)12(17)7-10/h2-7,13,18H,8-9H2,1H3. The Labute approximate surface area is 125 Å². The van der Waals surface area contributed by atoms with Crippen molar-refractivity contribution in [3.05, 3.63) is 57.8 Å². The molecule has 6 heteroatoms. The largest absolute Gasteiger partial charge is 0.469 e. The van der Waals surface area contributed by atoms with Crippen LogP contribution in [0.1, 0.15) is 22.9 Å². The first-order chi connectivity index (χ1) is 10.1. The second kappa shape index (κ2) is 7.28. The highest BCUT2D eigenvalue weighted by Gasteiger charge is 2.17. The van der Waals surface area contributed by atoms with Crippen LogP contribution in [-0.4, -0.2) is 13.1 Å². The minimum atomic E-state index is -0.880. The van der Waals surface area contributed by atoms with Gasteiger partial charge >= 0.3 is 5.97 Å². The molecule has 1 heterocycles. The van der Waals surface area contributed by atoms with Crippen molar-refractivity contribution in [2.24, 2.45) is 0 Å². The molecule has 1 N–H and O–H groups in total. The highest BCUT2D eigenvalue weighted by Crippen LogP contribution is 2.23. The van der Waals surface area contributed by atoms with E-state index in [1.165, 1.54) is 24.5 Å². The second-order valence-electron chi connectivity index (χ2n) is 4.48. The third kappa shape index (κ3) is 4.34. The average molecular weight is 311 g/mol. The van der Waals surface area contributed by atoms with E-state index in [2.05, 4.69) is 10.1 Å². The zero-order valence-electron chi connectivity index (χ0n) is 11.4. The maximum absolute atomic E-state index is 13.2. The molecule has 0 spiro atoms. The average Bonchev–Trinajstić information content (AvgIpc) is 3.00. The highest BCUT2D eigenvalue weighted by atomic mass is 32.1. The van der Waals surface area contributed by atoms with Crippen LogP contribution in [0, 0.1) is 11.6 Å². The number of esters is 1. The molecule has 0 bridgehead atoms. The molecule has 21 heavy (non-hydrogen) atoms. The van der Waals surface area contributed by atoms with E-state index in [9.17, 15) is 13.6 Å². The summed E-state index contributed by atoms with van der Waals surface area (Å²) in [6.07, 6.45) is 0.181. The van der Waals surface area contributed by atoms with Crippen molar-refractivity contribution in [1.82, 2.24) is 5.32 Å². The van der Waals surface area contributed by atoms with Crippen LogP contribution in [-0.2, 0) is 16.1 Å². The van der Waals surface area contributed by atoms with Gasteiger partial charge in [0.15, 0.2) is 11.6 Å². The number of ether oxygens (including phenoxy) is 1. The van der Waals surface area contributed by atoms with Gasteiger partial charge < -0.3 is 10.1 Å². The zero-order valence-corrected chi connectivity index (χ0v) is 12.3. The summed E-state index contributed by atoms with van der Waals surface area (Å²) in [5.41, 5.74) is 0.611. The Hall–Kier alpha value is -1.79. The van der Waals surface area contributed by atoms with E-state index >= 15 is 0 Å². The first-order valence-corrected chi connectivity index (χ1v) is 7.25. The third-order valence-electron chi connectivity index (χ3n) is 3.02. The fourth-order valence-corrected chi connectivity index (χ4v) is 2.71. The van der Waals surface area contributed by atoms with Crippen LogP contribution in [0.5, 0.6) is 0 Å². The van der Waals surface area contributed by atoms with Crippen molar-refractivity contribution >= 4 is 17.3 Å². The fourth-order valence-electron chi connectivity index (χ4n) is 1.90. The molecule has 0 amide bonds. The lowest BCUT2D eigenvalue weighted by atomic mass is 10.1. The SMILES string of the molecule is COC(=O)CC(NCc1ccc(F)c(F)c1)c1cccs1. The molecule has 3 nitrogen and oxygen atoms in total. The summed E-state index contributed by atoms with van der Waals surface area (Å²) in [5.74, 6) is -2.08. The predicted octanol–water partition coefficient (Wildman–Crippen LogP) is 3.42. The summed E-state index contributed by atoms with van der Waals surface area (Å²) in [4.78, 5) is 12.4. The quantitative estimate of drug-likeness (QED) is 0.831. The lowest BCUT2D eigenvalue weighted by Crippen LogP contribution is -2.23. The Morgan fingerprint density at radius 3 is 2.76 bits per heavy atom. The normalized spacial score (nSPS) is 12.1. The van der Waals surface area contributed by atoms with Gasteiger partial charge in [0.05, 0.1) is 19.6 Å². The molecule has 0 radical (unpaired) electrons. The van der Waals surface area contributed by atoms with Gasteiger partial charge in [0.1, 0.15) is 0 Å². The van der Waals surface area contributed by atoms with Crippen molar-refractivity contribution in [1.29, 1.82) is 0 Å². The predicted molar refractivity (Wildman–Crippen MR) is 76.9 cm³/mol. The number of methoxy groups -OCH3 is 1. The van der Waals surface area contributed by atoms with E-state index in [0.29, 0.717) is 12.1 Å². The Morgan fingerprint density at radius 2 is 2.14 bits per heavy atom. The Bertz CT molecular complexity index is 602.